The Morgan fingerprint density at radius 1 is 0.868 bits per heavy atom. The molecule has 5 rings (SSSR count). The van der Waals surface area contributed by atoms with E-state index in [-0.39, 0.29) is 0 Å². The fraction of sp³-hybridized carbons (Fsp3) is 0.219. The van der Waals surface area contributed by atoms with Crippen LogP contribution in [0.25, 0.3) is 0 Å². The maximum Gasteiger partial charge on any atom is 0.335 e. The molecule has 4 aromatic carbocycles. The normalized spacial score (nSPS) is 15.3. The smallest absolute Gasteiger partial charge is 0.335 e. The number of nitrogens with zero attached hydrogens (tertiary/aromatic N) is 2. The summed E-state index contributed by atoms with van der Waals surface area (Å²) in [6.07, 6.45) is 1.15. The van der Waals surface area contributed by atoms with Crippen LogP contribution in [0, 0.1) is 5.92 Å². The Morgan fingerprint density at radius 2 is 1.53 bits per heavy atom. The van der Waals surface area contributed by atoms with Gasteiger partial charge in [0.1, 0.15) is 11.5 Å². The number of hydrogen-bond donors (Lipinski definition) is 1. The molecule has 38 heavy (non-hydrogen) atoms. The molecule has 5 nitrogen and oxygen atoms in total. The van der Waals surface area contributed by atoms with Crippen LogP contribution < -0.4 is 9.64 Å². The van der Waals surface area contributed by atoms with Crippen molar-refractivity contribution in [1.82, 2.24) is 4.90 Å². The Hall–Kier alpha value is -3.80. The molecular weight excluding hydrogens is 496 g/mol. The molecule has 194 valence electrons. The molecule has 1 atom stereocenters. The first kappa shape index (κ1) is 25.8. The molecule has 0 spiro atoms. The zero-order valence-electron chi connectivity index (χ0n) is 21.2. The van der Waals surface area contributed by atoms with E-state index in [1.165, 1.54) is 5.56 Å². The highest BCUT2D eigenvalue weighted by molar-refractivity contribution is 6.30. The number of likely N-dealkylation sites (tertiary alicyclic amines) is 1. The lowest BCUT2D eigenvalue weighted by molar-refractivity contribution is 0.0697. The number of carboxylic acid groups (broad SMARTS) is 1. The molecule has 0 amide bonds. The minimum Gasteiger partial charge on any atom is -0.478 e. The second-order valence-electron chi connectivity index (χ2n) is 9.81. The standard InChI is InChI=1S/C32H31ClN2O3/c33-28-10-14-30(15-11-28)38-31-16-12-29(13-17-31)35(22-25-6-8-27(9-7-25)32(36)37)23-26-18-19-34(21-26)20-24-4-2-1-3-5-24/h1-17,26H,18-23H2,(H,36,37). The van der Waals surface area contributed by atoms with Gasteiger partial charge in [-0.3, -0.25) is 4.90 Å². The third-order valence-electron chi connectivity index (χ3n) is 6.92. The highest BCUT2D eigenvalue weighted by Gasteiger charge is 2.25. The lowest BCUT2D eigenvalue weighted by Gasteiger charge is -2.28. The summed E-state index contributed by atoms with van der Waals surface area (Å²) in [5.74, 6) is 1.13. The summed E-state index contributed by atoms with van der Waals surface area (Å²) in [7, 11) is 0. The summed E-state index contributed by atoms with van der Waals surface area (Å²) in [4.78, 5) is 16.2. The van der Waals surface area contributed by atoms with Gasteiger partial charge in [-0.15, -0.1) is 0 Å². The summed E-state index contributed by atoms with van der Waals surface area (Å²) < 4.78 is 5.99. The van der Waals surface area contributed by atoms with E-state index >= 15 is 0 Å². The first-order chi connectivity index (χ1) is 18.5. The van der Waals surface area contributed by atoms with Gasteiger partial charge in [-0.1, -0.05) is 54.1 Å². The molecule has 0 saturated carbocycles. The van der Waals surface area contributed by atoms with Crippen molar-refractivity contribution >= 4 is 23.3 Å². The summed E-state index contributed by atoms with van der Waals surface area (Å²) in [6.45, 7) is 4.75. The van der Waals surface area contributed by atoms with Gasteiger partial charge in [-0.25, -0.2) is 4.79 Å². The van der Waals surface area contributed by atoms with Crippen LogP contribution in [0.3, 0.4) is 0 Å². The predicted molar refractivity (Wildman–Crippen MR) is 152 cm³/mol. The lowest BCUT2D eigenvalue weighted by Crippen LogP contribution is -2.31. The third kappa shape index (κ3) is 6.94. The Bertz CT molecular complexity index is 1330. The van der Waals surface area contributed by atoms with Gasteiger partial charge < -0.3 is 14.7 Å². The van der Waals surface area contributed by atoms with Crippen molar-refractivity contribution < 1.29 is 14.6 Å². The number of hydrogen-bond acceptors (Lipinski definition) is 4. The van der Waals surface area contributed by atoms with E-state index in [1.807, 2.05) is 48.5 Å². The Labute approximate surface area is 228 Å². The molecule has 1 saturated heterocycles. The Morgan fingerprint density at radius 3 is 2.18 bits per heavy atom. The highest BCUT2D eigenvalue weighted by atomic mass is 35.5. The number of benzene rings is 4. The monoisotopic (exact) mass is 526 g/mol. The predicted octanol–water partition coefficient (Wildman–Crippen LogP) is 7.36. The number of halogens is 1. The molecule has 1 N–H and O–H groups in total. The van der Waals surface area contributed by atoms with E-state index in [4.69, 9.17) is 16.3 Å². The van der Waals surface area contributed by atoms with Crippen LogP contribution in [0.15, 0.2) is 103 Å². The molecule has 1 fully saturated rings. The zero-order chi connectivity index (χ0) is 26.3. The van der Waals surface area contributed by atoms with Gasteiger partial charge in [0.2, 0.25) is 0 Å². The van der Waals surface area contributed by atoms with E-state index in [0.29, 0.717) is 23.0 Å². The summed E-state index contributed by atoms with van der Waals surface area (Å²) >= 11 is 5.99. The quantitative estimate of drug-likeness (QED) is 0.234. The van der Waals surface area contributed by atoms with E-state index in [0.717, 1.165) is 55.3 Å². The number of anilines is 1. The van der Waals surface area contributed by atoms with Crippen molar-refractivity contribution in [1.29, 1.82) is 0 Å². The second kappa shape index (κ2) is 12.2. The van der Waals surface area contributed by atoms with Crippen molar-refractivity contribution in [3.8, 4) is 11.5 Å². The molecule has 1 heterocycles. The minimum absolute atomic E-state index is 0.302. The third-order valence-corrected chi connectivity index (χ3v) is 7.18. The van der Waals surface area contributed by atoms with Gasteiger partial charge in [0, 0.05) is 36.9 Å². The average molecular weight is 527 g/mol. The molecule has 1 unspecified atom stereocenters. The van der Waals surface area contributed by atoms with E-state index in [1.54, 1.807) is 12.1 Å². The number of carboxylic acids is 1. The zero-order valence-corrected chi connectivity index (χ0v) is 21.9. The molecule has 0 radical (unpaired) electrons. The molecule has 0 aromatic heterocycles. The number of aromatic carboxylic acids is 1. The number of rotatable bonds is 10. The first-order valence-corrected chi connectivity index (χ1v) is 13.3. The number of carbonyl (C=O) groups is 1. The minimum atomic E-state index is -0.908. The molecule has 0 bridgehead atoms. The Balaban J connectivity index is 1.29. The summed E-state index contributed by atoms with van der Waals surface area (Å²) in [5.41, 5.74) is 3.84. The van der Waals surface area contributed by atoms with Gasteiger partial charge >= 0.3 is 5.97 Å². The maximum absolute atomic E-state index is 11.3. The molecule has 6 heteroatoms. The fourth-order valence-corrected chi connectivity index (χ4v) is 5.08. The van der Waals surface area contributed by atoms with Gasteiger partial charge in [0.15, 0.2) is 0 Å². The molecule has 0 aliphatic carbocycles. The van der Waals surface area contributed by atoms with Gasteiger partial charge in [-0.2, -0.15) is 0 Å². The maximum atomic E-state index is 11.3. The van der Waals surface area contributed by atoms with Crippen molar-refractivity contribution in [3.63, 3.8) is 0 Å². The van der Waals surface area contributed by atoms with Gasteiger partial charge in [0.05, 0.1) is 5.56 Å². The summed E-state index contributed by atoms with van der Waals surface area (Å²) in [6, 6.07) is 33.3. The first-order valence-electron chi connectivity index (χ1n) is 12.9. The molecule has 1 aliphatic rings. The summed E-state index contributed by atoms with van der Waals surface area (Å²) in [5, 5.41) is 9.94. The van der Waals surface area contributed by atoms with Crippen molar-refractivity contribution in [2.24, 2.45) is 5.92 Å². The average Bonchev–Trinajstić information content (AvgIpc) is 3.37. The SMILES string of the molecule is O=C(O)c1ccc(CN(CC2CCN(Cc3ccccc3)C2)c2ccc(Oc3ccc(Cl)cc3)cc2)cc1. The van der Waals surface area contributed by atoms with E-state index in [2.05, 4.69) is 52.3 Å². The van der Waals surface area contributed by atoms with E-state index < -0.39 is 5.97 Å². The molecule has 4 aromatic rings. The fourth-order valence-electron chi connectivity index (χ4n) is 4.96. The van der Waals surface area contributed by atoms with Crippen molar-refractivity contribution in [2.45, 2.75) is 19.5 Å². The number of ether oxygens (including phenoxy) is 1. The van der Waals surface area contributed by atoms with Crippen molar-refractivity contribution in [2.75, 3.05) is 24.5 Å². The van der Waals surface area contributed by atoms with Crippen molar-refractivity contribution in [3.05, 3.63) is 125 Å². The lowest BCUT2D eigenvalue weighted by atomic mass is 10.1. The van der Waals surface area contributed by atoms with Crippen LogP contribution in [-0.2, 0) is 13.1 Å². The molecule has 1 aliphatic heterocycles. The van der Waals surface area contributed by atoms with Crippen LogP contribution in [0.4, 0.5) is 5.69 Å². The highest BCUT2D eigenvalue weighted by Crippen LogP contribution is 2.28. The molecular formula is C32H31ClN2O3. The van der Waals surface area contributed by atoms with Crippen LogP contribution in [-0.4, -0.2) is 35.6 Å². The Kier molecular flexibility index (Phi) is 8.27. The van der Waals surface area contributed by atoms with E-state index in [9.17, 15) is 9.90 Å². The largest absolute Gasteiger partial charge is 0.478 e. The van der Waals surface area contributed by atoms with Crippen LogP contribution in [0.2, 0.25) is 5.02 Å². The van der Waals surface area contributed by atoms with Crippen LogP contribution in [0.5, 0.6) is 11.5 Å². The van der Waals surface area contributed by atoms with Gasteiger partial charge in [-0.05, 0) is 90.7 Å². The second-order valence-corrected chi connectivity index (χ2v) is 10.2. The van der Waals surface area contributed by atoms with Crippen LogP contribution in [0.1, 0.15) is 27.9 Å². The topological polar surface area (TPSA) is 53.0 Å². The van der Waals surface area contributed by atoms with Gasteiger partial charge in [0.25, 0.3) is 0 Å². The van der Waals surface area contributed by atoms with Crippen LogP contribution >= 0.6 is 11.6 Å².